The van der Waals surface area contributed by atoms with Gasteiger partial charge in [0.15, 0.2) is 0 Å². The normalized spacial score (nSPS) is 11.0. The first-order valence-corrected chi connectivity index (χ1v) is 10.6. The number of sulfonamides is 1. The van der Waals surface area contributed by atoms with Gasteiger partial charge in [0.2, 0.25) is 5.91 Å². The molecule has 0 radical (unpaired) electrons. The summed E-state index contributed by atoms with van der Waals surface area (Å²) in [4.78, 5) is 12.6. The number of nitrogens with zero attached hydrogens (tertiary/aromatic N) is 1. The van der Waals surface area contributed by atoms with Crippen LogP contribution < -0.4 is 14.4 Å². The molecule has 0 aliphatic heterocycles. The molecule has 8 heteroatoms. The Morgan fingerprint density at radius 3 is 2.33 bits per heavy atom. The smallest absolute Gasteiger partial charge is 0.264 e. The van der Waals surface area contributed by atoms with Gasteiger partial charge in [-0.05, 0) is 54.1 Å². The molecule has 0 unspecified atom stereocenters. The van der Waals surface area contributed by atoms with Gasteiger partial charge in [-0.1, -0.05) is 30.3 Å². The number of carbonyl (C=O) groups excluding carboxylic acids is 1. The van der Waals surface area contributed by atoms with E-state index in [1.165, 1.54) is 31.4 Å². The van der Waals surface area contributed by atoms with Gasteiger partial charge in [-0.25, -0.2) is 12.8 Å². The van der Waals surface area contributed by atoms with Gasteiger partial charge in [-0.2, -0.15) is 0 Å². The molecular formula is C22H21FN2O4S. The molecule has 30 heavy (non-hydrogen) atoms. The third kappa shape index (κ3) is 5.15. The first-order chi connectivity index (χ1) is 14.4. The van der Waals surface area contributed by atoms with Crippen LogP contribution in [0, 0.1) is 5.82 Å². The number of methoxy groups -OCH3 is 1. The van der Waals surface area contributed by atoms with Crippen molar-refractivity contribution in [3.05, 3.63) is 90.2 Å². The van der Waals surface area contributed by atoms with Crippen LogP contribution in [0.25, 0.3) is 0 Å². The monoisotopic (exact) mass is 428 g/mol. The van der Waals surface area contributed by atoms with Crippen molar-refractivity contribution in [3.8, 4) is 5.75 Å². The molecular weight excluding hydrogens is 407 g/mol. The van der Waals surface area contributed by atoms with Crippen molar-refractivity contribution in [2.45, 2.75) is 11.4 Å². The summed E-state index contributed by atoms with van der Waals surface area (Å²) in [7, 11) is -2.52. The van der Waals surface area contributed by atoms with E-state index in [0.717, 1.165) is 4.31 Å². The minimum absolute atomic E-state index is 0.0325. The minimum Gasteiger partial charge on any atom is -0.497 e. The molecule has 0 saturated heterocycles. The predicted octanol–water partition coefficient (Wildman–Crippen LogP) is 3.35. The number of halogens is 1. The second-order valence-corrected chi connectivity index (χ2v) is 8.29. The van der Waals surface area contributed by atoms with E-state index in [1.807, 2.05) is 0 Å². The molecule has 0 saturated carbocycles. The summed E-state index contributed by atoms with van der Waals surface area (Å²) in [6.07, 6.45) is 0. The minimum atomic E-state index is -4.01. The number of para-hydroxylation sites is 1. The Hall–Kier alpha value is -3.39. The molecule has 0 bridgehead atoms. The molecule has 1 N–H and O–H groups in total. The highest BCUT2D eigenvalue weighted by Gasteiger charge is 2.27. The lowest BCUT2D eigenvalue weighted by molar-refractivity contribution is -0.119. The molecule has 0 heterocycles. The Bertz CT molecular complexity index is 1100. The van der Waals surface area contributed by atoms with Crippen molar-refractivity contribution >= 4 is 21.6 Å². The molecule has 0 aliphatic carbocycles. The lowest BCUT2D eigenvalue weighted by Crippen LogP contribution is -2.40. The number of hydrogen-bond donors (Lipinski definition) is 1. The van der Waals surface area contributed by atoms with E-state index in [1.54, 1.807) is 54.6 Å². The fourth-order valence-corrected chi connectivity index (χ4v) is 4.24. The summed E-state index contributed by atoms with van der Waals surface area (Å²) < 4.78 is 45.9. The standard InChI is InChI=1S/C22H21FN2O4S/c1-29-20-10-12-21(13-11-20)30(27,28)25(19-8-3-2-4-9-19)16-22(26)24-15-17-6-5-7-18(23)14-17/h2-14H,15-16H2,1H3,(H,24,26). The van der Waals surface area contributed by atoms with Gasteiger partial charge >= 0.3 is 0 Å². The van der Waals surface area contributed by atoms with Gasteiger partial charge in [0.25, 0.3) is 10.0 Å². The summed E-state index contributed by atoms with van der Waals surface area (Å²) >= 11 is 0. The highest BCUT2D eigenvalue weighted by Crippen LogP contribution is 2.24. The fourth-order valence-electron chi connectivity index (χ4n) is 2.82. The number of carbonyl (C=O) groups is 1. The van der Waals surface area contributed by atoms with Crippen molar-refractivity contribution in [1.29, 1.82) is 0 Å². The van der Waals surface area contributed by atoms with E-state index in [9.17, 15) is 17.6 Å². The average Bonchev–Trinajstić information content (AvgIpc) is 2.76. The van der Waals surface area contributed by atoms with Gasteiger partial charge < -0.3 is 10.1 Å². The highest BCUT2D eigenvalue weighted by molar-refractivity contribution is 7.92. The van der Waals surface area contributed by atoms with Crippen LogP contribution in [0.3, 0.4) is 0 Å². The first-order valence-electron chi connectivity index (χ1n) is 9.13. The second kappa shape index (κ2) is 9.41. The third-order valence-electron chi connectivity index (χ3n) is 4.36. The average molecular weight is 428 g/mol. The van der Waals surface area contributed by atoms with Gasteiger partial charge in [0.05, 0.1) is 17.7 Å². The van der Waals surface area contributed by atoms with Crippen molar-refractivity contribution in [2.24, 2.45) is 0 Å². The van der Waals surface area contributed by atoms with E-state index in [-0.39, 0.29) is 11.4 Å². The van der Waals surface area contributed by atoms with Gasteiger partial charge in [-0.15, -0.1) is 0 Å². The number of hydrogen-bond acceptors (Lipinski definition) is 4. The molecule has 0 spiro atoms. The first kappa shape index (κ1) is 21.3. The van der Waals surface area contributed by atoms with Gasteiger partial charge in [0, 0.05) is 6.54 Å². The lowest BCUT2D eigenvalue weighted by atomic mass is 10.2. The number of benzene rings is 3. The van der Waals surface area contributed by atoms with Crippen molar-refractivity contribution in [2.75, 3.05) is 18.0 Å². The van der Waals surface area contributed by atoms with E-state index in [2.05, 4.69) is 5.32 Å². The van der Waals surface area contributed by atoms with Crippen LogP contribution >= 0.6 is 0 Å². The van der Waals surface area contributed by atoms with E-state index >= 15 is 0 Å². The molecule has 3 aromatic rings. The van der Waals surface area contributed by atoms with Crippen LogP contribution in [-0.2, 0) is 21.4 Å². The molecule has 3 rings (SSSR count). The van der Waals surface area contributed by atoms with Crippen LogP contribution in [0.4, 0.5) is 10.1 Å². The van der Waals surface area contributed by atoms with Crippen LogP contribution in [0.5, 0.6) is 5.75 Å². The molecule has 6 nitrogen and oxygen atoms in total. The maximum Gasteiger partial charge on any atom is 0.264 e. The van der Waals surface area contributed by atoms with E-state index in [0.29, 0.717) is 17.0 Å². The van der Waals surface area contributed by atoms with Crippen LogP contribution in [0.1, 0.15) is 5.56 Å². The summed E-state index contributed by atoms with van der Waals surface area (Å²) in [6.45, 7) is -0.338. The molecule has 0 aromatic heterocycles. The predicted molar refractivity (Wildman–Crippen MR) is 112 cm³/mol. The maximum absolute atomic E-state index is 13.3. The second-order valence-electron chi connectivity index (χ2n) is 6.43. The zero-order valence-electron chi connectivity index (χ0n) is 16.3. The third-order valence-corrected chi connectivity index (χ3v) is 6.15. The lowest BCUT2D eigenvalue weighted by Gasteiger charge is -2.24. The molecule has 156 valence electrons. The number of anilines is 1. The van der Waals surface area contributed by atoms with Gasteiger partial charge in [0.1, 0.15) is 18.1 Å². The topological polar surface area (TPSA) is 75.7 Å². The van der Waals surface area contributed by atoms with Crippen LogP contribution in [0.15, 0.2) is 83.8 Å². The van der Waals surface area contributed by atoms with Gasteiger partial charge in [-0.3, -0.25) is 9.10 Å². The summed E-state index contributed by atoms with van der Waals surface area (Å²) in [5.41, 5.74) is 0.932. The number of rotatable bonds is 8. The molecule has 3 aromatic carbocycles. The quantitative estimate of drug-likeness (QED) is 0.597. The number of amides is 1. The van der Waals surface area contributed by atoms with Crippen LogP contribution in [0.2, 0.25) is 0 Å². The maximum atomic E-state index is 13.3. The zero-order valence-corrected chi connectivity index (χ0v) is 17.1. The van der Waals surface area contributed by atoms with E-state index in [4.69, 9.17) is 4.74 Å². The summed E-state index contributed by atoms with van der Waals surface area (Å²) in [5, 5.41) is 2.64. The largest absolute Gasteiger partial charge is 0.497 e. The molecule has 1 amide bonds. The molecule has 0 aliphatic rings. The van der Waals surface area contributed by atoms with Crippen LogP contribution in [-0.4, -0.2) is 28.0 Å². The number of nitrogens with one attached hydrogen (secondary N) is 1. The molecule has 0 fully saturated rings. The Balaban J connectivity index is 1.82. The summed E-state index contributed by atoms with van der Waals surface area (Å²) in [5.74, 6) is -0.400. The van der Waals surface area contributed by atoms with E-state index < -0.39 is 28.3 Å². The zero-order chi connectivity index (χ0) is 21.6. The fraction of sp³-hybridized carbons (Fsp3) is 0.136. The Labute approximate surface area is 175 Å². The molecule has 0 atom stereocenters. The van der Waals surface area contributed by atoms with Crippen molar-refractivity contribution in [3.63, 3.8) is 0 Å². The Kier molecular flexibility index (Phi) is 6.68. The Morgan fingerprint density at radius 2 is 1.70 bits per heavy atom. The highest BCUT2D eigenvalue weighted by atomic mass is 32.2. The SMILES string of the molecule is COc1ccc(S(=O)(=O)N(CC(=O)NCc2cccc(F)c2)c2ccccc2)cc1. The van der Waals surface area contributed by atoms with Crippen molar-refractivity contribution in [1.82, 2.24) is 5.32 Å². The summed E-state index contributed by atoms with van der Waals surface area (Å²) in [6, 6.07) is 20.1. The number of ether oxygens (including phenoxy) is 1. The Morgan fingerprint density at radius 1 is 1.00 bits per heavy atom. The van der Waals surface area contributed by atoms with Crippen molar-refractivity contribution < 1.29 is 22.3 Å².